The topological polar surface area (TPSA) is 151 Å². The molecule has 1 heterocycles. The van der Waals surface area contributed by atoms with Crippen LogP contribution in [0.25, 0.3) is 0 Å². The number of hydrogen-bond donors (Lipinski definition) is 2. The van der Waals surface area contributed by atoms with Crippen LogP contribution >= 0.6 is 7.44 Å². The molecule has 0 aliphatic carbocycles. The molecule has 17 heteroatoms. The largest absolute Gasteiger partial charge is 0.481 e. The van der Waals surface area contributed by atoms with Crippen molar-refractivity contribution >= 4 is 72.8 Å². The number of allylic oxidation sites excluding steroid dienone is 2. The Balaban J connectivity index is -0.000000812. The van der Waals surface area contributed by atoms with E-state index in [2.05, 4.69) is 63.7 Å². The molecular weight excluding hydrogens is 914 g/mol. The number of nitrogens with zero attached hydrogens (tertiary/aromatic N) is 2. The third kappa shape index (κ3) is 23.7. The molecule has 2 N–H and O–H groups in total. The van der Waals surface area contributed by atoms with Crippen LogP contribution in [-0.4, -0.2) is 90.5 Å². The van der Waals surface area contributed by atoms with Gasteiger partial charge in [0, 0.05) is 94.2 Å². The van der Waals surface area contributed by atoms with Crippen LogP contribution in [0.5, 0.6) is 0 Å². The van der Waals surface area contributed by atoms with Crippen molar-refractivity contribution in [3.05, 3.63) is 84.2 Å². The molecule has 58 heavy (non-hydrogen) atoms. The minimum absolute atomic E-state index is 0. The zero-order valence-electron chi connectivity index (χ0n) is 37.7. The van der Waals surface area contributed by atoms with Gasteiger partial charge in [-0.2, -0.15) is 0 Å². The average molecular weight is 988 g/mol. The van der Waals surface area contributed by atoms with Crippen LogP contribution in [0.4, 0.5) is 11.4 Å². The minimum atomic E-state index is -3.19. The van der Waals surface area contributed by atoms with Gasteiger partial charge in [-0.3, -0.25) is 23.7 Å². The molecule has 2 aromatic carbocycles. The van der Waals surface area contributed by atoms with Crippen molar-refractivity contribution in [3.63, 3.8) is 0 Å². The summed E-state index contributed by atoms with van der Waals surface area (Å²) in [4.78, 5) is 40.7. The van der Waals surface area contributed by atoms with Crippen LogP contribution in [0, 0.1) is 0 Å². The van der Waals surface area contributed by atoms with E-state index < -0.39 is 42.2 Å². The van der Waals surface area contributed by atoms with Gasteiger partial charge in [0.25, 0.3) is 19.4 Å². The summed E-state index contributed by atoms with van der Waals surface area (Å²) in [6, 6.07) is 19.5. The molecular formula is C41H73N2O9PPdSi4. The van der Waals surface area contributed by atoms with E-state index in [0.717, 1.165) is 25.2 Å². The first kappa shape index (κ1) is 59.5. The van der Waals surface area contributed by atoms with Crippen molar-refractivity contribution in [1.29, 1.82) is 0 Å². The molecule has 0 spiro atoms. The van der Waals surface area contributed by atoms with E-state index in [4.69, 9.17) is 24.5 Å². The van der Waals surface area contributed by atoms with Crippen LogP contribution in [0.2, 0.25) is 58.9 Å². The fraction of sp³-hybridized carbons (Fsp3) is 0.512. The summed E-state index contributed by atoms with van der Waals surface area (Å²) in [6.45, 7) is 35.1. The van der Waals surface area contributed by atoms with Crippen LogP contribution in [0.1, 0.15) is 54.4 Å². The number of benzene rings is 2. The van der Waals surface area contributed by atoms with Crippen molar-refractivity contribution in [3.8, 4) is 0 Å². The number of carbonyl (C=O) groups is 4. The Labute approximate surface area is 367 Å². The Hall–Kier alpha value is -2.84. The third-order valence-electron chi connectivity index (χ3n) is 8.05. The van der Waals surface area contributed by atoms with Gasteiger partial charge in [-0.05, 0) is 52.0 Å². The van der Waals surface area contributed by atoms with E-state index in [1.807, 2.05) is 89.9 Å². The van der Waals surface area contributed by atoms with Gasteiger partial charge in [0.15, 0.2) is 0 Å². The molecule has 332 valence electrons. The number of anilines is 2. The molecule has 1 aliphatic heterocycles. The van der Waals surface area contributed by atoms with Crippen molar-refractivity contribution in [2.75, 3.05) is 35.6 Å². The summed E-state index contributed by atoms with van der Waals surface area (Å²) in [5.74, 6) is -2.18. The monoisotopic (exact) mass is 986 g/mol. The number of para-hydroxylation sites is 2. The molecule has 3 rings (SSSR count). The molecule has 0 aromatic heterocycles. The molecule has 0 radical (unpaired) electrons. The summed E-state index contributed by atoms with van der Waals surface area (Å²) < 4.78 is 28.2. The summed E-state index contributed by atoms with van der Waals surface area (Å²) in [6.07, 6.45) is 5.82. The summed E-state index contributed by atoms with van der Waals surface area (Å²) in [7, 11) is -5.96. The van der Waals surface area contributed by atoms with Gasteiger partial charge < -0.3 is 29.0 Å². The zero-order chi connectivity index (χ0) is 44.6. The Morgan fingerprint density at radius 1 is 0.690 bits per heavy atom. The molecule has 0 bridgehead atoms. The number of carboxylic acids is 2. The van der Waals surface area contributed by atoms with E-state index in [1.54, 1.807) is 26.0 Å². The third-order valence-corrected chi connectivity index (χ3v) is 78.9. The van der Waals surface area contributed by atoms with Crippen LogP contribution in [0.3, 0.4) is 0 Å². The molecule has 1 fully saturated rings. The SMILES string of the molecule is C/C=C(\CC(=O)OCC)P1(=O)N(c2ccccc2)CCN1c1ccccc1.C/C=C\CC(=O)OCC.CC(=O)O.CC(=O)O.C[Si](C)(C)[SiH]([Si](C)(C)C)[Si](C)(C)C.[Pd]. The molecule has 1 aliphatic rings. The fourth-order valence-corrected chi connectivity index (χ4v) is 112. The number of ether oxygens (including phenoxy) is 2. The van der Waals surface area contributed by atoms with Gasteiger partial charge in [-0.1, -0.05) is 114 Å². The maximum Gasteiger partial charge on any atom is 0.310 e. The second-order valence-corrected chi connectivity index (χ2v) is 60.0. The second-order valence-electron chi connectivity index (χ2n) is 16.4. The molecule has 1 saturated heterocycles. The number of carbonyl (C=O) groups excluding carboxylic acids is 2. The summed E-state index contributed by atoms with van der Waals surface area (Å²) in [5.41, 5.74) is 1.78. The van der Waals surface area contributed by atoms with E-state index in [9.17, 15) is 14.2 Å². The van der Waals surface area contributed by atoms with Crippen molar-refractivity contribution in [2.24, 2.45) is 0 Å². The molecule has 11 nitrogen and oxygen atoms in total. The van der Waals surface area contributed by atoms with Gasteiger partial charge in [-0.25, -0.2) is 0 Å². The average Bonchev–Trinajstić information content (AvgIpc) is 3.43. The molecule has 0 amide bonds. The van der Waals surface area contributed by atoms with Crippen LogP contribution in [0.15, 0.2) is 84.2 Å². The molecule has 0 atom stereocenters. The quantitative estimate of drug-likeness (QED) is 0.0905. The van der Waals surface area contributed by atoms with E-state index in [-0.39, 0.29) is 46.1 Å². The van der Waals surface area contributed by atoms with Gasteiger partial charge in [-0.15, -0.1) is 0 Å². The first-order valence-corrected chi connectivity index (χ1v) is 37.0. The minimum Gasteiger partial charge on any atom is -0.481 e. The predicted octanol–water partition coefficient (Wildman–Crippen LogP) is 10.2. The van der Waals surface area contributed by atoms with Crippen molar-refractivity contribution in [2.45, 2.75) is 113 Å². The van der Waals surface area contributed by atoms with Gasteiger partial charge in [0.05, 0.1) is 26.1 Å². The number of esters is 2. The zero-order valence-corrected chi connectivity index (χ0v) is 44.3. The Kier molecular flexibility index (Phi) is 30.1. The number of rotatable bonds is 12. The number of hydrogen-bond acceptors (Lipinski definition) is 7. The molecule has 0 saturated carbocycles. The maximum atomic E-state index is 14.5. The summed E-state index contributed by atoms with van der Waals surface area (Å²) >= 11 is 0. The normalized spacial score (nSPS) is 13.5. The van der Waals surface area contributed by atoms with Gasteiger partial charge >= 0.3 is 11.9 Å². The smallest absolute Gasteiger partial charge is 0.310 e. The summed E-state index contributed by atoms with van der Waals surface area (Å²) in [5, 5.41) is 15.4. The van der Waals surface area contributed by atoms with E-state index in [1.165, 1.54) is 0 Å². The number of aliphatic carboxylic acids is 2. The van der Waals surface area contributed by atoms with Crippen molar-refractivity contribution < 1.29 is 63.9 Å². The maximum absolute atomic E-state index is 14.5. The first-order valence-electron chi connectivity index (χ1n) is 19.5. The van der Waals surface area contributed by atoms with Crippen LogP contribution in [-0.2, 0) is 53.6 Å². The Bertz CT molecular complexity index is 1510. The van der Waals surface area contributed by atoms with Gasteiger partial charge in [0.1, 0.15) is 0 Å². The first-order chi connectivity index (χ1) is 26.2. The van der Waals surface area contributed by atoms with Crippen molar-refractivity contribution in [1.82, 2.24) is 0 Å². The van der Waals surface area contributed by atoms with Gasteiger partial charge in [0.2, 0.25) is 0 Å². The molecule has 2 aromatic rings. The Morgan fingerprint density at radius 3 is 1.28 bits per heavy atom. The number of carboxylic acid groups (broad SMARTS) is 2. The van der Waals surface area contributed by atoms with E-state index >= 15 is 0 Å². The second kappa shape index (κ2) is 29.4. The standard InChI is InChI=1S/C21H25N2O3P.C9H28Si4.C7H12O2.2C2H4O2.Pd/c1-3-20(17-21(24)26-4-2)27(25)22(18-11-7-5-8-12-18)15-16-23(27)19-13-9-6-10-14-19;1-11(2,3)10(12(4,5)6)13(7,8)9;1-3-5-6-7(8)9-4-2;2*1-2(3)4;/h3,5-14H,4,15-17H2,1-2H3;10H,1-9H3;3,5H,4,6H2,1-2H3;2*1H3,(H,3,4);/b20-3+;;5-3-;;;. The fourth-order valence-electron chi connectivity index (χ4n) is 7.74. The molecule has 0 unspecified atom stereocenters. The predicted molar refractivity (Wildman–Crippen MR) is 250 cm³/mol. The Morgan fingerprint density at radius 2 is 1.02 bits per heavy atom. The van der Waals surface area contributed by atoms with Crippen LogP contribution < -0.4 is 9.34 Å². The van der Waals surface area contributed by atoms with E-state index in [0.29, 0.717) is 38.0 Å².